The van der Waals surface area contributed by atoms with Crippen molar-refractivity contribution in [3.05, 3.63) is 34.4 Å². The van der Waals surface area contributed by atoms with E-state index in [2.05, 4.69) is 55.5 Å². The molecule has 0 aliphatic carbocycles. The smallest absolute Gasteiger partial charge is 0.0247 e. The molecule has 1 aromatic rings. The largest absolute Gasteiger partial charge is 0.0812 e. The van der Waals surface area contributed by atoms with E-state index >= 15 is 0 Å². The molecule has 11 heavy (non-hydrogen) atoms. The molecule has 0 aromatic heterocycles. The molecular formula is C10H13I. The minimum atomic E-state index is 1.11. The molecule has 0 spiro atoms. The fraction of sp³-hybridized carbons (Fsp3) is 0.400. The summed E-state index contributed by atoms with van der Waals surface area (Å²) in [6.07, 6.45) is 0. The van der Waals surface area contributed by atoms with Crippen LogP contribution in [0.2, 0.25) is 0 Å². The predicted octanol–water partition coefficient (Wildman–Crippen LogP) is 3.55. The van der Waals surface area contributed by atoms with E-state index in [1.807, 2.05) is 0 Å². The van der Waals surface area contributed by atoms with Crippen LogP contribution in [0.15, 0.2) is 12.1 Å². The van der Waals surface area contributed by atoms with Crippen LogP contribution < -0.4 is 0 Å². The van der Waals surface area contributed by atoms with E-state index in [4.69, 9.17) is 0 Å². The lowest BCUT2D eigenvalue weighted by Gasteiger charge is -2.06. The lowest BCUT2D eigenvalue weighted by Crippen LogP contribution is -1.88. The van der Waals surface area contributed by atoms with Crippen LogP contribution in [0.4, 0.5) is 0 Å². The van der Waals surface area contributed by atoms with Gasteiger partial charge in [0.2, 0.25) is 0 Å². The van der Waals surface area contributed by atoms with Gasteiger partial charge in [-0.05, 0) is 43.0 Å². The highest BCUT2D eigenvalue weighted by Gasteiger charge is 1.98. The Morgan fingerprint density at radius 3 is 1.91 bits per heavy atom. The number of hydrogen-bond acceptors (Lipinski definition) is 0. The van der Waals surface area contributed by atoms with Crippen molar-refractivity contribution in [3.63, 3.8) is 0 Å². The molecule has 0 fully saturated rings. The molecule has 0 saturated heterocycles. The predicted molar refractivity (Wildman–Crippen MR) is 58.4 cm³/mol. The highest BCUT2D eigenvalue weighted by Crippen LogP contribution is 2.16. The first kappa shape index (κ1) is 9.04. The average Bonchev–Trinajstić information content (AvgIpc) is 1.99. The lowest BCUT2D eigenvalue weighted by atomic mass is 10.0. The van der Waals surface area contributed by atoms with Crippen LogP contribution in [0.25, 0.3) is 0 Å². The Morgan fingerprint density at radius 2 is 1.55 bits per heavy atom. The Kier molecular flexibility index (Phi) is 2.93. The molecule has 0 aliphatic rings. The SMILES string of the molecule is Cc1cc(CI)cc(C)c1C. The summed E-state index contributed by atoms with van der Waals surface area (Å²) in [5, 5.41) is 0. The van der Waals surface area contributed by atoms with Gasteiger partial charge in [-0.25, -0.2) is 0 Å². The van der Waals surface area contributed by atoms with Crippen LogP contribution in [0.1, 0.15) is 22.3 Å². The van der Waals surface area contributed by atoms with Crippen molar-refractivity contribution in [2.75, 3.05) is 0 Å². The van der Waals surface area contributed by atoms with Crippen molar-refractivity contribution in [3.8, 4) is 0 Å². The Balaban J connectivity index is 3.21. The zero-order chi connectivity index (χ0) is 8.43. The van der Waals surface area contributed by atoms with Gasteiger partial charge in [0.05, 0.1) is 0 Å². The van der Waals surface area contributed by atoms with E-state index < -0.39 is 0 Å². The number of rotatable bonds is 1. The van der Waals surface area contributed by atoms with Crippen LogP contribution in [-0.4, -0.2) is 0 Å². The summed E-state index contributed by atoms with van der Waals surface area (Å²) < 4.78 is 1.11. The van der Waals surface area contributed by atoms with Crippen LogP contribution >= 0.6 is 22.6 Å². The van der Waals surface area contributed by atoms with E-state index in [9.17, 15) is 0 Å². The summed E-state index contributed by atoms with van der Waals surface area (Å²) in [7, 11) is 0. The molecule has 60 valence electrons. The maximum atomic E-state index is 2.40. The topological polar surface area (TPSA) is 0 Å². The van der Waals surface area contributed by atoms with Crippen molar-refractivity contribution in [1.82, 2.24) is 0 Å². The number of benzene rings is 1. The Labute approximate surface area is 82.2 Å². The summed E-state index contributed by atoms with van der Waals surface area (Å²) in [4.78, 5) is 0. The normalized spacial score (nSPS) is 10.2. The van der Waals surface area contributed by atoms with Crippen molar-refractivity contribution in [2.45, 2.75) is 25.2 Å². The van der Waals surface area contributed by atoms with Gasteiger partial charge in [-0.1, -0.05) is 34.7 Å². The van der Waals surface area contributed by atoms with Gasteiger partial charge in [-0.2, -0.15) is 0 Å². The number of aryl methyl sites for hydroxylation is 2. The third-order valence-electron chi connectivity index (χ3n) is 2.14. The summed E-state index contributed by atoms with van der Waals surface area (Å²) in [5.41, 5.74) is 5.69. The second-order valence-corrected chi connectivity index (χ2v) is 3.75. The van der Waals surface area contributed by atoms with Crippen LogP contribution in [0.3, 0.4) is 0 Å². The number of hydrogen-bond donors (Lipinski definition) is 0. The highest BCUT2D eigenvalue weighted by atomic mass is 127. The average molecular weight is 260 g/mol. The van der Waals surface area contributed by atoms with Crippen molar-refractivity contribution < 1.29 is 0 Å². The maximum absolute atomic E-state index is 2.40. The first-order valence-electron chi connectivity index (χ1n) is 3.78. The first-order chi connectivity index (χ1) is 5.15. The molecule has 0 heterocycles. The molecule has 0 N–H and O–H groups in total. The minimum Gasteiger partial charge on any atom is -0.0812 e. The molecule has 0 atom stereocenters. The van der Waals surface area contributed by atoms with E-state index in [1.54, 1.807) is 0 Å². The molecule has 1 rings (SSSR count). The molecular weight excluding hydrogens is 247 g/mol. The van der Waals surface area contributed by atoms with Crippen LogP contribution in [-0.2, 0) is 4.43 Å². The van der Waals surface area contributed by atoms with Gasteiger partial charge in [0, 0.05) is 4.43 Å². The fourth-order valence-electron chi connectivity index (χ4n) is 1.20. The fourth-order valence-corrected chi connectivity index (χ4v) is 1.64. The van der Waals surface area contributed by atoms with Crippen LogP contribution in [0.5, 0.6) is 0 Å². The van der Waals surface area contributed by atoms with Gasteiger partial charge in [0.25, 0.3) is 0 Å². The zero-order valence-corrected chi connectivity index (χ0v) is 9.40. The third-order valence-corrected chi connectivity index (χ3v) is 3.02. The second-order valence-electron chi connectivity index (χ2n) is 2.99. The summed E-state index contributed by atoms with van der Waals surface area (Å²) in [6, 6.07) is 4.55. The molecule has 1 aromatic carbocycles. The second kappa shape index (κ2) is 3.57. The first-order valence-corrected chi connectivity index (χ1v) is 5.30. The zero-order valence-electron chi connectivity index (χ0n) is 7.24. The van der Waals surface area contributed by atoms with Gasteiger partial charge < -0.3 is 0 Å². The van der Waals surface area contributed by atoms with Crippen molar-refractivity contribution in [2.24, 2.45) is 0 Å². The van der Waals surface area contributed by atoms with Gasteiger partial charge in [0.1, 0.15) is 0 Å². The lowest BCUT2D eigenvalue weighted by molar-refractivity contribution is 1.23. The summed E-state index contributed by atoms with van der Waals surface area (Å²) in [6.45, 7) is 6.54. The number of halogens is 1. The Morgan fingerprint density at radius 1 is 1.09 bits per heavy atom. The molecule has 0 aliphatic heterocycles. The maximum Gasteiger partial charge on any atom is 0.0247 e. The van der Waals surface area contributed by atoms with E-state index in [1.165, 1.54) is 22.3 Å². The number of alkyl halides is 1. The Hall–Kier alpha value is -0.0500. The van der Waals surface area contributed by atoms with E-state index in [-0.39, 0.29) is 0 Å². The van der Waals surface area contributed by atoms with Gasteiger partial charge in [-0.15, -0.1) is 0 Å². The summed E-state index contributed by atoms with van der Waals surface area (Å²) in [5.74, 6) is 0. The molecule has 0 amide bonds. The van der Waals surface area contributed by atoms with Crippen LogP contribution in [0, 0.1) is 20.8 Å². The monoisotopic (exact) mass is 260 g/mol. The highest BCUT2D eigenvalue weighted by molar-refractivity contribution is 14.1. The van der Waals surface area contributed by atoms with E-state index in [0.29, 0.717) is 0 Å². The standard InChI is InChI=1S/C10H13I/c1-7-4-10(6-11)5-8(2)9(7)3/h4-5H,6H2,1-3H3. The molecule has 0 bridgehead atoms. The van der Waals surface area contributed by atoms with Crippen molar-refractivity contribution in [1.29, 1.82) is 0 Å². The molecule has 0 nitrogen and oxygen atoms in total. The molecule has 0 saturated carbocycles. The summed E-state index contributed by atoms with van der Waals surface area (Å²) >= 11 is 2.40. The third kappa shape index (κ3) is 1.95. The minimum absolute atomic E-state index is 1.11. The van der Waals surface area contributed by atoms with E-state index in [0.717, 1.165) is 4.43 Å². The molecule has 0 unspecified atom stereocenters. The van der Waals surface area contributed by atoms with Crippen molar-refractivity contribution >= 4 is 22.6 Å². The quantitative estimate of drug-likeness (QED) is 0.535. The molecule has 1 heteroatoms. The van der Waals surface area contributed by atoms with Gasteiger partial charge in [-0.3, -0.25) is 0 Å². The Bertz CT molecular complexity index is 241. The van der Waals surface area contributed by atoms with Gasteiger partial charge >= 0.3 is 0 Å². The van der Waals surface area contributed by atoms with Gasteiger partial charge in [0.15, 0.2) is 0 Å². The molecule has 0 radical (unpaired) electrons.